The van der Waals surface area contributed by atoms with Crippen LogP contribution in [0.25, 0.3) is 0 Å². The maximum Gasteiger partial charge on any atom is 0.0730 e. The number of hydrogen-bond donors (Lipinski definition) is 1. The number of morpholine rings is 1. The fourth-order valence-corrected chi connectivity index (χ4v) is 3.48. The Balaban J connectivity index is 1.89. The lowest BCUT2D eigenvalue weighted by molar-refractivity contribution is -0.0967. The molecule has 1 saturated heterocycles. The Kier molecular flexibility index (Phi) is 5.14. The SMILES string of the molecule is CC(C)(CNC(C)(C)C)CN1CCOC2CCCCC21. The zero-order valence-corrected chi connectivity index (χ0v) is 14.2. The molecule has 2 unspecified atom stereocenters. The topological polar surface area (TPSA) is 24.5 Å². The van der Waals surface area contributed by atoms with Gasteiger partial charge in [-0.25, -0.2) is 0 Å². The standard InChI is InChI=1S/C17H34N2O/c1-16(2,3)18-12-17(4,5)13-19-10-11-20-15-9-7-6-8-14(15)19/h14-15,18H,6-13H2,1-5H3. The van der Waals surface area contributed by atoms with Crippen molar-refractivity contribution in [1.82, 2.24) is 10.2 Å². The van der Waals surface area contributed by atoms with Gasteiger partial charge >= 0.3 is 0 Å². The quantitative estimate of drug-likeness (QED) is 0.858. The van der Waals surface area contributed by atoms with Gasteiger partial charge < -0.3 is 10.1 Å². The summed E-state index contributed by atoms with van der Waals surface area (Å²) in [4.78, 5) is 2.71. The monoisotopic (exact) mass is 282 g/mol. The molecular formula is C17H34N2O. The second-order valence-electron chi connectivity index (χ2n) is 8.50. The van der Waals surface area contributed by atoms with Crippen molar-refractivity contribution < 1.29 is 4.74 Å². The molecule has 0 radical (unpaired) electrons. The van der Waals surface area contributed by atoms with Crippen molar-refractivity contribution in [3.05, 3.63) is 0 Å². The normalized spacial score (nSPS) is 29.2. The number of rotatable bonds is 4. The summed E-state index contributed by atoms with van der Waals surface area (Å²) in [6, 6.07) is 0.673. The van der Waals surface area contributed by atoms with E-state index in [1.807, 2.05) is 0 Å². The molecule has 2 atom stereocenters. The summed E-state index contributed by atoms with van der Waals surface area (Å²) >= 11 is 0. The summed E-state index contributed by atoms with van der Waals surface area (Å²) in [5.74, 6) is 0. The van der Waals surface area contributed by atoms with Crippen LogP contribution in [0.5, 0.6) is 0 Å². The third kappa shape index (κ3) is 4.71. The van der Waals surface area contributed by atoms with E-state index in [1.165, 1.54) is 32.2 Å². The molecule has 3 nitrogen and oxygen atoms in total. The van der Waals surface area contributed by atoms with Crippen LogP contribution in [0.15, 0.2) is 0 Å². The molecular weight excluding hydrogens is 248 g/mol. The van der Waals surface area contributed by atoms with E-state index < -0.39 is 0 Å². The van der Waals surface area contributed by atoms with Crippen molar-refractivity contribution in [3.8, 4) is 0 Å². The molecule has 2 aliphatic rings. The summed E-state index contributed by atoms with van der Waals surface area (Å²) in [6.45, 7) is 15.8. The van der Waals surface area contributed by atoms with Gasteiger partial charge in [0.15, 0.2) is 0 Å². The van der Waals surface area contributed by atoms with Gasteiger partial charge in [0.25, 0.3) is 0 Å². The highest BCUT2D eigenvalue weighted by molar-refractivity contribution is 4.90. The molecule has 20 heavy (non-hydrogen) atoms. The first-order valence-electron chi connectivity index (χ1n) is 8.38. The Morgan fingerprint density at radius 2 is 1.80 bits per heavy atom. The van der Waals surface area contributed by atoms with Crippen molar-refractivity contribution in [2.24, 2.45) is 5.41 Å². The van der Waals surface area contributed by atoms with E-state index >= 15 is 0 Å². The highest BCUT2D eigenvalue weighted by Crippen LogP contribution is 2.30. The van der Waals surface area contributed by atoms with Crippen LogP contribution < -0.4 is 5.32 Å². The third-order valence-electron chi connectivity index (χ3n) is 4.58. The van der Waals surface area contributed by atoms with E-state index in [0.717, 1.165) is 19.7 Å². The molecule has 3 heteroatoms. The minimum absolute atomic E-state index is 0.204. The predicted octanol–water partition coefficient (Wildman–Crippen LogP) is 3.04. The third-order valence-corrected chi connectivity index (χ3v) is 4.58. The Hall–Kier alpha value is -0.120. The van der Waals surface area contributed by atoms with Crippen molar-refractivity contribution in [3.63, 3.8) is 0 Å². The number of hydrogen-bond acceptors (Lipinski definition) is 3. The zero-order valence-electron chi connectivity index (χ0n) is 14.2. The average Bonchev–Trinajstić information content (AvgIpc) is 2.36. The van der Waals surface area contributed by atoms with E-state index in [-0.39, 0.29) is 5.54 Å². The molecule has 1 aliphatic heterocycles. The minimum Gasteiger partial charge on any atom is -0.375 e. The fourth-order valence-electron chi connectivity index (χ4n) is 3.48. The molecule has 0 bridgehead atoms. The smallest absolute Gasteiger partial charge is 0.0730 e. The van der Waals surface area contributed by atoms with Gasteiger partial charge in [0.2, 0.25) is 0 Å². The van der Waals surface area contributed by atoms with Gasteiger partial charge in [-0.05, 0) is 39.0 Å². The molecule has 0 aromatic rings. The van der Waals surface area contributed by atoms with Crippen LogP contribution in [0.1, 0.15) is 60.3 Å². The first-order valence-corrected chi connectivity index (χ1v) is 8.38. The second-order valence-corrected chi connectivity index (χ2v) is 8.50. The summed E-state index contributed by atoms with van der Waals surface area (Å²) < 4.78 is 5.98. The van der Waals surface area contributed by atoms with Gasteiger partial charge in [0.1, 0.15) is 0 Å². The maximum absolute atomic E-state index is 5.98. The maximum atomic E-state index is 5.98. The Labute approximate surface area is 125 Å². The first kappa shape index (κ1) is 16.3. The van der Waals surface area contributed by atoms with Gasteiger partial charge in [0.05, 0.1) is 12.7 Å². The molecule has 0 amide bonds. The summed E-state index contributed by atoms with van der Waals surface area (Å²) in [6.07, 6.45) is 5.82. The number of nitrogens with zero attached hydrogens (tertiary/aromatic N) is 1. The summed E-state index contributed by atoms with van der Waals surface area (Å²) in [5, 5.41) is 3.67. The molecule has 0 aromatic heterocycles. The van der Waals surface area contributed by atoms with Crippen LogP contribution in [-0.4, -0.2) is 48.8 Å². The molecule has 2 rings (SSSR count). The van der Waals surface area contributed by atoms with Crippen LogP contribution in [0.4, 0.5) is 0 Å². The number of ether oxygens (including phenoxy) is 1. The molecule has 1 heterocycles. The van der Waals surface area contributed by atoms with Crippen LogP contribution in [0.2, 0.25) is 0 Å². The van der Waals surface area contributed by atoms with Crippen LogP contribution >= 0.6 is 0 Å². The Morgan fingerprint density at radius 1 is 1.10 bits per heavy atom. The van der Waals surface area contributed by atoms with E-state index in [0.29, 0.717) is 17.6 Å². The van der Waals surface area contributed by atoms with E-state index in [4.69, 9.17) is 4.74 Å². The first-order chi connectivity index (χ1) is 9.27. The van der Waals surface area contributed by atoms with Crippen molar-refractivity contribution >= 4 is 0 Å². The van der Waals surface area contributed by atoms with Gasteiger partial charge in [-0.15, -0.1) is 0 Å². The lowest BCUT2D eigenvalue weighted by Crippen LogP contribution is -2.56. The van der Waals surface area contributed by atoms with E-state index in [9.17, 15) is 0 Å². The average molecular weight is 282 g/mol. The summed E-state index contributed by atoms with van der Waals surface area (Å²) in [7, 11) is 0. The fraction of sp³-hybridized carbons (Fsp3) is 1.00. The highest BCUT2D eigenvalue weighted by Gasteiger charge is 2.36. The zero-order chi connectivity index (χ0) is 14.8. The number of fused-ring (bicyclic) bond motifs is 1. The molecule has 1 saturated carbocycles. The number of nitrogens with one attached hydrogen (secondary N) is 1. The minimum atomic E-state index is 0.204. The highest BCUT2D eigenvalue weighted by atomic mass is 16.5. The molecule has 1 N–H and O–H groups in total. The van der Waals surface area contributed by atoms with E-state index in [1.54, 1.807) is 0 Å². The lowest BCUT2D eigenvalue weighted by Gasteiger charge is -2.46. The van der Waals surface area contributed by atoms with E-state index in [2.05, 4.69) is 44.8 Å². The molecule has 118 valence electrons. The van der Waals surface area contributed by atoms with Crippen LogP contribution in [0.3, 0.4) is 0 Å². The molecule has 0 spiro atoms. The molecule has 1 aliphatic carbocycles. The molecule has 0 aromatic carbocycles. The van der Waals surface area contributed by atoms with Crippen LogP contribution in [0, 0.1) is 5.41 Å². The summed E-state index contributed by atoms with van der Waals surface area (Å²) in [5.41, 5.74) is 0.516. The van der Waals surface area contributed by atoms with Gasteiger partial charge in [0, 0.05) is 31.2 Å². The Morgan fingerprint density at radius 3 is 2.50 bits per heavy atom. The van der Waals surface area contributed by atoms with Crippen molar-refractivity contribution in [2.45, 2.75) is 78.0 Å². The van der Waals surface area contributed by atoms with Crippen molar-refractivity contribution in [1.29, 1.82) is 0 Å². The van der Waals surface area contributed by atoms with Crippen LogP contribution in [-0.2, 0) is 4.74 Å². The van der Waals surface area contributed by atoms with Gasteiger partial charge in [-0.3, -0.25) is 4.90 Å². The second kappa shape index (κ2) is 6.33. The van der Waals surface area contributed by atoms with Gasteiger partial charge in [-0.1, -0.05) is 26.7 Å². The Bertz CT molecular complexity index is 307. The largest absolute Gasteiger partial charge is 0.375 e. The molecule has 2 fully saturated rings. The lowest BCUT2D eigenvalue weighted by atomic mass is 9.86. The van der Waals surface area contributed by atoms with Gasteiger partial charge in [-0.2, -0.15) is 0 Å². The van der Waals surface area contributed by atoms with Crippen molar-refractivity contribution in [2.75, 3.05) is 26.2 Å². The predicted molar refractivity (Wildman–Crippen MR) is 85.1 cm³/mol.